The van der Waals surface area contributed by atoms with Crippen molar-refractivity contribution < 1.29 is 19.5 Å². The molecular formula is C33H38N4O4S. The van der Waals surface area contributed by atoms with E-state index < -0.39 is 18.2 Å². The first kappa shape index (κ1) is 30.9. The molecule has 4 rings (SSSR count). The summed E-state index contributed by atoms with van der Waals surface area (Å²) in [5.41, 5.74) is 7.95. The molecule has 4 aromatic rings. The number of likely N-dealkylation sites (N-methyl/N-ethyl adjacent to an activating group) is 2. The molecule has 0 radical (unpaired) electrons. The predicted octanol–water partition coefficient (Wildman–Crippen LogP) is 3.61. The van der Waals surface area contributed by atoms with Crippen LogP contribution in [-0.4, -0.2) is 71.5 Å². The highest BCUT2D eigenvalue weighted by Gasteiger charge is 2.35. The molecule has 3 amide bonds. The number of benzene rings is 3. The molecule has 0 bridgehead atoms. The molecule has 9 heteroatoms. The van der Waals surface area contributed by atoms with Crippen LogP contribution in [0.5, 0.6) is 0 Å². The van der Waals surface area contributed by atoms with Crippen LogP contribution in [-0.2, 0) is 29.0 Å². The third-order valence-corrected chi connectivity index (χ3v) is 8.29. The molecule has 220 valence electrons. The van der Waals surface area contributed by atoms with Gasteiger partial charge in [0, 0.05) is 50.5 Å². The second-order valence-electron chi connectivity index (χ2n) is 10.6. The summed E-state index contributed by atoms with van der Waals surface area (Å²) in [6, 6.07) is 23.1. The van der Waals surface area contributed by atoms with Gasteiger partial charge in [0.05, 0.1) is 6.10 Å². The van der Waals surface area contributed by atoms with Crippen LogP contribution in [0.1, 0.15) is 33.3 Å². The fraction of sp³-hybridized carbons (Fsp3) is 0.303. The van der Waals surface area contributed by atoms with Gasteiger partial charge in [-0.2, -0.15) is 0 Å². The lowest BCUT2D eigenvalue weighted by Crippen LogP contribution is -2.56. The average molecular weight is 587 g/mol. The Kier molecular flexibility index (Phi) is 10.5. The highest BCUT2D eigenvalue weighted by atomic mass is 32.1. The van der Waals surface area contributed by atoms with Crippen LogP contribution in [0.3, 0.4) is 0 Å². The molecular weight excluding hydrogens is 548 g/mol. The van der Waals surface area contributed by atoms with Crippen molar-refractivity contribution in [3.05, 3.63) is 106 Å². The minimum absolute atomic E-state index is 0.0677. The molecule has 0 aliphatic heterocycles. The van der Waals surface area contributed by atoms with Crippen molar-refractivity contribution in [2.45, 2.75) is 44.5 Å². The smallest absolute Gasteiger partial charge is 0.254 e. The number of thiophene rings is 1. The van der Waals surface area contributed by atoms with Gasteiger partial charge in [-0.05, 0) is 52.4 Å². The van der Waals surface area contributed by atoms with E-state index in [1.807, 2.05) is 66.0 Å². The number of rotatable bonds is 12. The van der Waals surface area contributed by atoms with Crippen LogP contribution >= 0.6 is 11.3 Å². The molecule has 0 aliphatic carbocycles. The van der Waals surface area contributed by atoms with Crippen molar-refractivity contribution in [3.8, 4) is 0 Å². The van der Waals surface area contributed by atoms with Crippen LogP contribution in [0.25, 0.3) is 10.8 Å². The number of aliphatic hydroxyl groups is 1. The third kappa shape index (κ3) is 7.61. The standard InChI is InChI=1S/C33H38N4O4S/c1-22(38)21-35-31(39)29(19-28-12-7-15-42-28)36(2)33(41)30(18-23-13-14-25-9-4-5-10-26(25)16-23)37(3)32(40)27-11-6-8-24(17-27)20-34/h4-17,22,29-30,38H,18-21,34H2,1-3H3,(H,35,39)/t22-,29-,30-/m1/s1. The van der Waals surface area contributed by atoms with Crippen LogP contribution in [0, 0.1) is 0 Å². The summed E-state index contributed by atoms with van der Waals surface area (Å²) in [4.78, 5) is 45.2. The highest BCUT2D eigenvalue weighted by Crippen LogP contribution is 2.22. The van der Waals surface area contributed by atoms with Gasteiger partial charge in [0.2, 0.25) is 11.8 Å². The summed E-state index contributed by atoms with van der Waals surface area (Å²) in [6.45, 7) is 1.94. The minimum Gasteiger partial charge on any atom is -0.392 e. The fourth-order valence-corrected chi connectivity index (χ4v) is 5.68. The number of fused-ring (bicyclic) bond motifs is 1. The third-order valence-electron chi connectivity index (χ3n) is 7.39. The molecule has 42 heavy (non-hydrogen) atoms. The molecule has 3 aromatic carbocycles. The van der Waals surface area contributed by atoms with E-state index in [1.165, 1.54) is 21.1 Å². The van der Waals surface area contributed by atoms with Crippen molar-refractivity contribution in [2.24, 2.45) is 5.73 Å². The molecule has 0 fully saturated rings. The Labute approximate surface area is 250 Å². The maximum absolute atomic E-state index is 14.3. The van der Waals surface area contributed by atoms with E-state index in [0.717, 1.165) is 26.8 Å². The molecule has 0 unspecified atom stereocenters. The molecule has 8 nitrogen and oxygen atoms in total. The second kappa shape index (κ2) is 14.2. The Balaban J connectivity index is 1.68. The van der Waals surface area contributed by atoms with Gasteiger partial charge in [-0.3, -0.25) is 14.4 Å². The van der Waals surface area contributed by atoms with E-state index in [0.29, 0.717) is 18.5 Å². The van der Waals surface area contributed by atoms with Crippen molar-refractivity contribution in [2.75, 3.05) is 20.6 Å². The van der Waals surface area contributed by atoms with Gasteiger partial charge in [0.1, 0.15) is 12.1 Å². The number of amides is 3. The maximum atomic E-state index is 14.3. The Morgan fingerprint density at radius 2 is 1.62 bits per heavy atom. The number of nitrogens with two attached hydrogens (primary N) is 1. The van der Waals surface area contributed by atoms with Crippen molar-refractivity contribution in [1.82, 2.24) is 15.1 Å². The Hall–Kier alpha value is -4.05. The number of nitrogens with one attached hydrogen (secondary N) is 1. The quantitative estimate of drug-likeness (QED) is 0.235. The SMILES string of the molecule is C[C@@H](O)CNC(=O)[C@@H](Cc1cccs1)N(C)C(=O)[C@@H](Cc1ccc2ccccc2c1)N(C)C(=O)c1cccc(CN)c1. The molecule has 1 heterocycles. The van der Waals surface area contributed by atoms with Crippen molar-refractivity contribution in [3.63, 3.8) is 0 Å². The first-order valence-corrected chi connectivity index (χ1v) is 14.8. The number of hydrogen-bond acceptors (Lipinski definition) is 6. The number of carbonyl (C=O) groups excluding carboxylic acids is 3. The summed E-state index contributed by atoms with van der Waals surface area (Å²) in [5.74, 6) is -1.04. The van der Waals surface area contributed by atoms with Gasteiger partial charge in [-0.25, -0.2) is 0 Å². The monoisotopic (exact) mass is 586 g/mol. The number of carbonyl (C=O) groups is 3. The number of aliphatic hydroxyl groups excluding tert-OH is 1. The maximum Gasteiger partial charge on any atom is 0.254 e. The molecule has 3 atom stereocenters. The first-order chi connectivity index (χ1) is 20.2. The number of hydrogen-bond donors (Lipinski definition) is 3. The summed E-state index contributed by atoms with van der Waals surface area (Å²) >= 11 is 1.50. The fourth-order valence-electron chi connectivity index (χ4n) is 4.93. The van der Waals surface area contributed by atoms with E-state index in [-0.39, 0.29) is 30.7 Å². The van der Waals surface area contributed by atoms with E-state index >= 15 is 0 Å². The van der Waals surface area contributed by atoms with Crippen molar-refractivity contribution in [1.29, 1.82) is 0 Å². The van der Waals surface area contributed by atoms with Crippen LogP contribution in [0.15, 0.2) is 84.2 Å². The van der Waals surface area contributed by atoms with Gasteiger partial charge in [-0.15, -0.1) is 11.3 Å². The Morgan fingerprint density at radius 1 is 0.857 bits per heavy atom. The first-order valence-electron chi connectivity index (χ1n) is 14.0. The topological polar surface area (TPSA) is 116 Å². The summed E-state index contributed by atoms with van der Waals surface area (Å²) in [6.07, 6.45) is -0.163. The lowest BCUT2D eigenvalue weighted by atomic mass is 9.98. The zero-order chi connectivity index (χ0) is 30.2. The normalized spacial score (nSPS) is 13.3. The lowest BCUT2D eigenvalue weighted by Gasteiger charge is -2.34. The summed E-state index contributed by atoms with van der Waals surface area (Å²) in [5, 5.41) is 16.5. The highest BCUT2D eigenvalue weighted by molar-refractivity contribution is 7.09. The largest absolute Gasteiger partial charge is 0.392 e. The molecule has 0 saturated heterocycles. The molecule has 0 saturated carbocycles. The van der Waals surface area contributed by atoms with E-state index in [9.17, 15) is 19.5 Å². The van der Waals surface area contributed by atoms with Gasteiger partial charge in [0.15, 0.2) is 0 Å². The second-order valence-corrected chi connectivity index (χ2v) is 11.6. The zero-order valence-corrected chi connectivity index (χ0v) is 25.0. The Bertz CT molecular complexity index is 1520. The lowest BCUT2D eigenvalue weighted by molar-refractivity contribution is -0.142. The molecule has 4 N–H and O–H groups in total. The van der Waals surface area contributed by atoms with E-state index in [4.69, 9.17) is 5.73 Å². The van der Waals surface area contributed by atoms with Gasteiger partial charge >= 0.3 is 0 Å². The van der Waals surface area contributed by atoms with Gasteiger partial charge in [-0.1, -0.05) is 60.7 Å². The molecule has 1 aromatic heterocycles. The number of nitrogens with zero attached hydrogens (tertiary/aromatic N) is 2. The van der Waals surface area contributed by atoms with Crippen LogP contribution < -0.4 is 11.1 Å². The predicted molar refractivity (Wildman–Crippen MR) is 167 cm³/mol. The van der Waals surface area contributed by atoms with Crippen molar-refractivity contribution >= 4 is 39.8 Å². The zero-order valence-electron chi connectivity index (χ0n) is 24.2. The summed E-state index contributed by atoms with van der Waals surface area (Å²) in [7, 11) is 3.22. The average Bonchev–Trinajstić information content (AvgIpc) is 3.53. The van der Waals surface area contributed by atoms with Crippen LogP contribution in [0.4, 0.5) is 0 Å². The summed E-state index contributed by atoms with van der Waals surface area (Å²) < 4.78 is 0. The minimum atomic E-state index is -0.888. The molecule has 0 aliphatic rings. The van der Waals surface area contributed by atoms with Gasteiger partial charge in [0.25, 0.3) is 5.91 Å². The van der Waals surface area contributed by atoms with Gasteiger partial charge < -0.3 is 26.0 Å². The van der Waals surface area contributed by atoms with E-state index in [1.54, 1.807) is 39.2 Å². The molecule has 0 spiro atoms. The van der Waals surface area contributed by atoms with Crippen LogP contribution in [0.2, 0.25) is 0 Å². The van der Waals surface area contributed by atoms with E-state index in [2.05, 4.69) is 5.32 Å². The Morgan fingerprint density at radius 3 is 2.31 bits per heavy atom.